The molecule has 2 aromatic carbocycles. The lowest BCUT2D eigenvalue weighted by Crippen LogP contribution is -2.52. The van der Waals surface area contributed by atoms with Crippen molar-refractivity contribution in [2.24, 2.45) is 5.92 Å². The van der Waals surface area contributed by atoms with Gasteiger partial charge in [-0.2, -0.15) is 0 Å². The first-order valence-electron chi connectivity index (χ1n) is 11.3. The molecule has 1 fully saturated rings. The van der Waals surface area contributed by atoms with E-state index in [9.17, 15) is 29.1 Å². The molecule has 10 nitrogen and oxygen atoms in total. The number of fused-ring (bicyclic) bond motifs is 3. The van der Waals surface area contributed by atoms with Crippen LogP contribution < -0.4 is 21.3 Å². The molecule has 2 unspecified atom stereocenters. The SMILES string of the molecule is CNC(=O)C(=O)C(CC1CCNC1=O)NC(=O)CNC(=O)C1(O)c2ccccc2-c2ccccc21. The van der Waals surface area contributed by atoms with E-state index in [0.717, 1.165) is 11.1 Å². The lowest BCUT2D eigenvalue weighted by molar-refractivity contribution is -0.141. The average Bonchev–Trinajstić information content (AvgIpc) is 3.40. The minimum Gasteiger partial charge on any atom is -0.372 e. The molecule has 2 aliphatic rings. The number of nitrogens with one attached hydrogen (secondary N) is 4. The summed E-state index contributed by atoms with van der Waals surface area (Å²) < 4.78 is 0. The molecule has 10 heteroatoms. The minimum absolute atomic E-state index is 0.0392. The highest BCUT2D eigenvalue weighted by Gasteiger charge is 2.47. The fraction of sp³-hybridized carbons (Fsp3) is 0.320. The molecule has 5 N–H and O–H groups in total. The maximum atomic E-state index is 13.2. The third-order valence-electron chi connectivity index (χ3n) is 6.45. The molecule has 4 rings (SSSR count). The van der Waals surface area contributed by atoms with Gasteiger partial charge in [-0.15, -0.1) is 0 Å². The number of likely N-dealkylation sites (N-methyl/N-ethyl adjacent to an activating group) is 1. The van der Waals surface area contributed by atoms with Crippen molar-refractivity contribution in [2.75, 3.05) is 20.1 Å². The van der Waals surface area contributed by atoms with Crippen LogP contribution in [0.3, 0.4) is 0 Å². The van der Waals surface area contributed by atoms with Gasteiger partial charge in [-0.3, -0.25) is 24.0 Å². The van der Waals surface area contributed by atoms with E-state index in [1.165, 1.54) is 7.05 Å². The van der Waals surface area contributed by atoms with E-state index in [1.54, 1.807) is 48.5 Å². The van der Waals surface area contributed by atoms with Crippen molar-refractivity contribution in [3.63, 3.8) is 0 Å². The average molecular weight is 479 g/mol. The highest BCUT2D eigenvalue weighted by Crippen LogP contribution is 2.47. The number of benzene rings is 2. The quantitative estimate of drug-likeness (QED) is 0.318. The van der Waals surface area contributed by atoms with Gasteiger partial charge in [-0.1, -0.05) is 48.5 Å². The van der Waals surface area contributed by atoms with Crippen LogP contribution in [0.25, 0.3) is 11.1 Å². The molecule has 1 saturated heterocycles. The highest BCUT2D eigenvalue weighted by atomic mass is 16.3. The largest absolute Gasteiger partial charge is 0.372 e. The summed E-state index contributed by atoms with van der Waals surface area (Å²) in [4.78, 5) is 62.1. The Morgan fingerprint density at radius 2 is 1.66 bits per heavy atom. The molecule has 4 amide bonds. The van der Waals surface area contributed by atoms with Gasteiger partial charge in [-0.25, -0.2) is 0 Å². The standard InChI is InChI=1S/C25H26N4O6/c1-26-23(33)21(31)19(12-14-10-11-27-22(14)32)29-20(30)13-28-24(34)25(35)17-8-4-2-6-15(17)16-7-3-5-9-18(16)25/h2-9,14,19,35H,10-13H2,1H3,(H,26,33)(H,27,32)(H,28,34)(H,29,30). The summed E-state index contributed by atoms with van der Waals surface area (Å²) in [5, 5.41) is 21.2. The van der Waals surface area contributed by atoms with Crippen LogP contribution in [0.15, 0.2) is 48.5 Å². The van der Waals surface area contributed by atoms with Crippen LogP contribution in [0.1, 0.15) is 24.0 Å². The zero-order valence-corrected chi connectivity index (χ0v) is 19.1. The summed E-state index contributed by atoms with van der Waals surface area (Å²) in [6.07, 6.45) is 0.442. The Balaban J connectivity index is 1.47. The topological polar surface area (TPSA) is 154 Å². The summed E-state index contributed by atoms with van der Waals surface area (Å²) in [6.45, 7) is -0.0875. The summed E-state index contributed by atoms with van der Waals surface area (Å²) in [5.74, 6) is -4.08. The lowest BCUT2D eigenvalue weighted by Gasteiger charge is -2.25. The molecule has 1 heterocycles. The van der Waals surface area contributed by atoms with Gasteiger partial charge in [0.2, 0.25) is 17.6 Å². The Bertz CT molecular complexity index is 1160. The lowest BCUT2D eigenvalue weighted by atomic mass is 9.90. The smallest absolute Gasteiger partial charge is 0.289 e. The van der Waals surface area contributed by atoms with Crippen LogP contribution >= 0.6 is 0 Å². The second-order valence-electron chi connectivity index (χ2n) is 8.56. The van der Waals surface area contributed by atoms with Crippen molar-refractivity contribution in [3.8, 4) is 11.1 Å². The molecule has 0 bridgehead atoms. The minimum atomic E-state index is -1.99. The van der Waals surface area contributed by atoms with Gasteiger partial charge >= 0.3 is 0 Å². The van der Waals surface area contributed by atoms with E-state index in [4.69, 9.17) is 0 Å². The first-order chi connectivity index (χ1) is 16.8. The molecular weight excluding hydrogens is 452 g/mol. The molecule has 2 aromatic rings. The number of hydrogen-bond acceptors (Lipinski definition) is 6. The predicted molar refractivity (Wildman–Crippen MR) is 125 cm³/mol. The molecule has 1 aliphatic heterocycles. The molecule has 0 saturated carbocycles. The maximum Gasteiger partial charge on any atom is 0.289 e. The molecule has 2 atom stereocenters. The highest BCUT2D eigenvalue weighted by molar-refractivity contribution is 6.38. The van der Waals surface area contributed by atoms with E-state index in [-0.39, 0.29) is 12.3 Å². The Labute approximate surface area is 201 Å². The Morgan fingerprint density at radius 3 is 2.20 bits per heavy atom. The van der Waals surface area contributed by atoms with Crippen LogP contribution in [0.2, 0.25) is 0 Å². The number of amides is 4. The molecule has 182 valence electrons. The van der Waals surface area contributed by atoms with E-state index >= 15 is 0 Å². The number of carbonyl (C=O) groups is 5. The summed E-state index contributed by atoms with van der Waals surface area (Å²) >= 11 is 0. The summed E-state index contributed by atoms with van der Waals surface area (Å²) in [6, 6.07) is 12.7. The van der Waals surface area contributed by atoms with Crippen LogP contribution in [0, 0.1) is 5.92 Å². The Morgan fingerprint density at radius 1 is 1.06 bits per heavy atom. The monoisotopic (exact) mass is 478 g/mol. The number of ketones is 1. The zero-order chi connectivity index (χ0) is 25.2. The Hall–Kier alpha value is -4.05. The molecule has 35 heavy (non-hydrogen) atoms. The second kappa shape index (κ2) is 9.67. The first kappa shape index (κ1) is 24.1. The van der Waals surface area contributed by atoms with Gasteiger partial charge < -0.3 is 26.4 Å². The zero-order valence-electron chi connectivity index (χ0n) is 19.1. The Kier molecular flexibility index (Phi) is 6.65. The number of rotatable bonds is 8. The van der Waals surface area contributed by atoms with E-state index in [2.05, 4.69) is 21.3 Å². The first-order valence-corrected chi connectivity index (χ1v) is 11.3. The van der Waals surface area contributed by atoms with Crippen molar-refractivity contribution in [1.82, 2.24) is 21.3 Å². The van der Waals surface area contributed by atoms with Crippen LogP contribution in [-0.4, -0.2) is 60.7 Å². The predicted octanol–water partition coefficient (Wildman–Crippen LogP) is -0.655. The van der Waals surface area contributed by atoms with Crippen molar-refractivity contribution in [1.29, 1.82) is 0 Å². The fourth-order valence-electron chi connectivity index (χ4n) is 4.66. The van der Waals surface area contributed by atoms with Crippen LogP contribution in [0.4, 0.5) is 0 Å². The van der Waals surface area contributed by atoms with E-state index < -0.39 is 47.6 Å². The van der Waals surface area contributed by atoms with Gasteiger partial charge in [0, 0.05) is 30.6 Å². The molecule has 0 spiro atoms. The van der Waals surface area contributed by atoms with Crippen molar-refractivity contribution >= 4 is 29.4 Å². The van der Waals surface area contributed by atoms with Gasteiger partial charge in [0.15, 0.2) is 5.60 Å². The molecule has 0 radical (unpaired) electrons. The molecular formula is C25H26N4O6. The molecule has 1 aliphatic carbocycles. The van der Waals surface area contributed by atoms with Crippen LogP contribution in [0.5, 0.6) is 0 Å². The number of hydrogen-bond donors (Lipinski definition) is 5. The van der Waals surface area contributed by atoms with Crippen molar-refractivity contribution < 1.29 is 29.1 Å². The normalized spacial score (nSPS) is 18.0. The summed E-state index contributed by atoms with van der Waals surface area (Å²) in [5.41, 5.74) is 0.248. The molecule has 0 aromatic heterocycles. The van der Waals surface area contributed by atoms with Gasteiger partial charge in [-0.05, 0) is 24.0 Å². The van der Waals surface area contributed by atoms with E-state index in [1.807, 2.05) is 0 Å². The summed E-state index contributed by atoms with van der Waals surface area (Å²) in [7, 11) is 1.29. The van der Waals surface area contributed by atoms with Gasteiger partial charge in [0.1, 0.15) is 0 Å². The van der Waals surface area contributed by atoms with Gasteiger partial charge in [0.25, 0.3) is 11.8 Å². The van der Waals surface area contributed by atoms with Crippen LogP contribution in [-0.2, 0) is 29.6 Å². The van der Waals surface area contributed by atoms with E-state index in [0.29, 0.717) is 24.1 Å². The second-order valence-corrected chi connectivity index (χ2v) is 8.56. The van der Waals surface area contributed by atoms with Gasteiger partial charge in [0.05, 0.1) is 12.6 Å². The number of Topliss-reactive ketones (excluding diaryl/α,β-unsaturated/α-hetero) is 1. The maximum absolute atomic E-state index is 13.2. The van der Waals surface area contributed by atoms with Crippen molar-refractivity contribution in [3.05, 3.63) is 59.7 Å². The number of carbonyl (C=O) groups excluding carboxylic acids is 5. The fourth-order valence-corrected chi connectivity index (χ4v) is 4.66. The third-order valence-corrected chi connectivity index (χ3v) is 6.45. The number of aliphatic hydroxyl groups is 1. The third kappa shape index (κ3) is 4.40. The van der Waals surface area contributed by atoms with Crippen molar-refractivity contribution in [2.45, 2.75) is 24.5 Å².